The quantitative estimate of drug-likeness (QED) is 0.473. The highest BCUT2D eigenvalue weighted by atomic mass is 19.4. The summed E-state index contributed by atoms with van der Waals surface area (Å²) in [6.07, 6.45) is -2.94. The van der Waals surface area contributed by atoms with Gasteiger partial charge in [-0.2, -0.15) is 18.4 Å². The average molecular weight is 454 g/mol. The van der Waals surface area contributed by atoms with Crippen LogP contribution in [0.1, 0.15) is 31.9 Å². The van der Waals surface area contributed by atoms with Gasteiger partial charge < -0.3 is 5.73 Å². The van der Waals surface area contributed by atoms with Gasteiger partial charge in [-0.05, 0) is 29.5 Å². The van der Waals surface area contributed by atoms with Crippen LogP contribution in [0.2, 0.25) is 0 Å². The number of carbonyl (C=O) groups is 1. The van der Waals surface area contributed by atoms with Gasteiger partial charge in [0.1, 0.15) is 6.04 Å². The molecule has 3 aromatic rings. The van der Waals surface area contributed by atoms with Gasteiger partial charge in [-0.1, -0.05) is 62.4 Å². The van der Waals surface area contributed by atoms with E-state index in [1.807, 2.05) is 30.3 Å². The van der Waals surface area contributed by atoms with Crippen molar-refractivity contribution in [2.75, 3.05) is 6.54 Å². The highest BCUT2D eigenvalue weighted by Crippen LogP contribution is 2.40. The second-order valence-electron chi connectivity index (χ2n) is 8.33. The van der Waals surface area contributed by atoms with Crippen LogP contribution in [0.3, 0.4) is 0 Å². The largest absolute Gasteiger partial charge is 0.408 e. The molecule has 33 heavy (non-hydrogen) atoms. The number of rotatable bonds is 8. The molecule has 0 saturated carbocycles. The summed E-state index contributed by atoms with van der Waals surface area (Å²) in [6.45, 7) is 2.99. The second-order valence-corrected chi connectivity index (χ2v) is 8.33. The molecule has 2 atom stereocenters. The first-order chi connectivity index (χ1) is 15.6. The van der Waals surface area contributed by atoms with Crippen LogP contribution < -0.4 is 5.73 Å². The van der Waals surface area contributed by atoms with E-state index >= 15 is 0 Å². The Morgan fingerprint density at radius 1 is 1.12 bits per heavy atom. The Morgan fingerprint density at radius 2 is 1.79 bits per heavy atom. The lowest BCUT2D eigenvalue weighted by molar-refractivity contribution is -0.192. The van der Waals surface area contributed by atoms with Crippen molar-refractivity contribution in [1.82, 2.24) is 9.88 Å². The van der Waals surface area contributed by atoms with Crippen LogP contribution in [0.15, 0.2) is 60.8 Å². The summed E-state index contributed by atoms with van der Waals surface area (Å²) in [6, 6.07) is 13.7. The van der Waals surface area contributed by atoms with Gasteiger partial charge in [0.05, 0.1) is 24.2 Å². The first-order valence-corrected chi connectivity index (χ1v) is 10.6. The summed E-state index contributed by atoms with van der Waals surface area (Å²) >= 11 is 0. The number of carbonyl (C=O) groups excluding carboxylic acids is 1. The van der Waals surface area contributed by atoms with Crippen molar-refractivity contribution >= 4 is 16.8 Å². The SMILES string of the molecule is CC(C)C[C@@H](C(N)=O)N(CC#N)C(c1ccc(-c2cccc3cccnc23)cc1)C(F)(F)F. The van der Waals surface area contributed by atoms with E-state index in [1.165, 1.54) is 12.1 Å². The third-order valence-corrected chi connectivity index (χ3v) is 5.49. The maximum Gasteiger partial charge on any atom is 0.408 e. The Morgan fingerprint density at radius 3 is 2.36 bits per heavy atom. The number of halogens is 3. The smallest absolute Gasteiger partial charge is 0.368 e. The molecule has 0 fully saturated rings. The predicted molar refractivity (Wildman–Crippen MR) is 121 cm³/mol. The summed E-state index contributed by atoms with van der Waals surface area (Å²) in [5.41, 5.74) is 7.66. The third-order valence-electron chi connectivity index (χ3n) is 5.49. The molecule has 0 radical (unpaired) electrons. The summed E-state index contributed by atoms with van der Waals surface area (Å²) in [7, 11) is 0. The molecule has 0 aliphatic heterocycles. The number of amides is 1. The Labute approximate surface area is 190 Å². The Kier molecular flexibility index (Phi) is 7.34. The van der Waals surface area contributed by atoms with Gasteiger partial charge >= 0.3 is 6.18 Å². The van der Waals surface area contributed by atoms with Crippen molar-refractivity contribution in [3.63, 3.8) is 0 Å². The molecule has 0 saturated heterocycles. The topological polar surface area (TPSA) is 83.0 Å². The Bertz CT molecular complexity index is 1150. The normalized spacial score (nSPS) is 13.8. The number of nitriles is 1. The molecule has 5 nitrogen and oxygen atoms in total. The second kappa shape index (κ2) is 10.0. The molecule has 1 unspecified atom stereocenters. The molecular weight excluding hydrogens is 429 g/mol. The number of pyridine rings is 1. The van der Waals surface area contributed by atoms with Crippen molar-refractivity contribution in [2.24, 2.45) is 11.7 Å². The van der Waals surface area contributed by atoms with Crippen LogP contribution in [0, 0.1) is 17.2 Å². The van der Waals surface area contributed by atoms with E-state index in [4.69, 9.17) is 5.73 Å². The van der Waals surface area contributed by atoms with Crippen LogP contribution in [-0.2, 0) is 4.79 Å². The number of nitrogens with zero attached hydrogens (tertiary/aromatic N) is 3. The van der Waals surface area contributed by atoms with E-state index in [9.17, 15) is 23.2 Å². The van der Waals surface area contributed by atoms with Crippen LogP contribution in [0.4, 0.5) is 13.2 Å². The summed E-state index contributed by atoms with van der Waals surface area (Å²) in [4.78, 5) is 17.3. The number of hydrogen-bond acceptors (Lipinski definition) is 4. The molecule has 0 bridgehead atoms. The zero-order valence-electron chi connectivity index (χ0n) is 18.4. The first-order valence-electron chi connectivity index (χ1n) is 10.6. The first kappa shape index (κ1) is 24.2. The monoisotopic (exact) mass is 454 g/mol. The van der Waals surface area contributed by atoms with Gasteiger partial charge in [0, 0.05) is 17.1 Å². The molecule has 1 amide bonds. The van der Waals surface area contributed by atoms with Crippen LogP contribution in [0.25, 0.3) is 22.0 Å². The zero-order valence-corrected chi connectivity index (χ0v) is 18.4. The molecule has 0 aliphatic carbocycles. The van der Waals surface area contributed by atoms with Crippen molar-refractivity contribution in [3.8, 4) is 17.2 Å². The maximum absolute atomic E-state index is 14.3. The fraction of sp³-hybridized carbons (Fsp3) is 0.320. The van der Waals surface area contributed by atoms with Gasteiger partial charge in [-0.15, -0.1) is 0 Å². The molecule has 8 heteroatoms. The predicted octanol–water partition coefficient (Wildman–Crippen LogP) is 5.23. The summed E-state index contributed by atoms with van der Waals surface area (Å²) < 4.78 is 42.8. The van der Waals surface area contributed by atoms with Gasteiger partial charge in [-0.25, -0.2) is 0 Å². The molecule has 0 spiro atoms. The maximum atomic E-state index is 14.3. The van der Waals surface area contributed by atoms with E-state index in [0.29, 0.717) is 5.56 Å². The molecular formula is C25H25F3N4O. The van der Waals surface area contributed by atoms with E-state index in [2.05, 4.69) is 4.98 Å². The minimum Gasteiger partial charge on any atom is -0.368 e. The number of hydrogen-bond donors (Lipinski definition) is 1. The summed E-state index contributed by atoms with van der Waals surface area (Å²) in [5, 5.41) is 10.2. The van der Waals surface area contributed by atoms with Gasteiger partial charge in [0.25, 0.3) is 0 Å². The van der Waals surface area contributed by atoms with E-state index in [0.717, 1.165) is 21.4 Å². The van der Waals surface area contributed by atoms with E-state index in [-0.39, 0.29) is 17.9 Å². The molecule has 0 aliphatic rings. The van der Waals surface area contributed by atoms with Crippen LogP contribution >= 0.6 is 0 Å². The Hall–Kier alpha value is -3.44. The lowest BCUT2D eigenvalue weighted by atomic mass is 9.95. The van der Waals surface area contributed by atoms with E-state index in [1.54, 1.807) is 38.2 Å². The molecule has 3 rings (SSSR count). The summed E-state index contributed by atoms with van der Waals surface area (Å²) in [5.74, 6) is -0.967. The number of para-hydroxylation sites is 1. The molecule has 2 N–H and O–H groups in total. The number of aromatic nitrogens is 1. The van der Waals surface area contributed by atoms with E-state index < -0.39 is 30.7 Å². The van der Waals surface area contributed by atoms with Gasteiger partial charge in [0.15, 0.2) is 0 Å². The molecule has 2 aromatic carbocycles. The van der Waals surface area contributed by atoms with Crippen molar-refractivity contribution in [1.29, 1.82) is 5.26 Å². The zero-order chi connectivity index (χ0) is 24.2. The Balaban J connectivity index is 2.06. The van der Waals surface area contributed by atoms with Crippen LogP contribution in [-0.4, -0.2) is 34.6 Å². The lowest BCUT2D eigenvalue weighted by Gasteiger charge is -2.37. The van der Waals surface area contributed by atoms with Crippen LogP contribution in [0.5, 0.6) is 0 Å². The van der Waals surface area contributed by atoms with Crippen molar-refractivity contribution in [3.05, 3.63) is 66.4 Å². The standard InChI is InChI=1S/C25H25F3N4O/c1-16(2)15-21(24(30)33)32(14-12-29)23(25(26,27)28)19-10-8-17(9-11-19)20-7-3-5-18-6-4-13-31-22(18)20/h3-11,13,16,21,23H,14-15H2,1-2H3,(H2,30,33)/t21-,23?/m0/s1. The number of fused-ring (bicyclic) bond motifs is 1. The van der Waals surface area contributed by atoms with Crippen molar-refractivity contribution < 1.29 is 18.0 Å². The average Bonchev–Trinajstić information content (AvgIpc) is 2.76. The van der Waals surface area contributed by atoms with Gasteiger partial charge in [-0.3, -0.25) is 14.7 Å². The molecule has 1 heterocycles. The highest BCUT2D eigenvalue weighted by molar-refractivity contribution is 5.93. The molecule has 1 aromatic heterocycles. The lowest BCUT2D eigenvalue weighted by Crippen LogP contribution is -2.51. The number of alkyl halides is 3. The fourth-order valence-corrected chi connectivity index (χ4v) is 4.08. The minimum absolute atomic E-state index is 0.0651. The third kappa shape index (κ3) is 5.49. The minimum atomic E-state index is -4.72. The fourth-order valence-electron chi connectivity index (χ4n) is 4.08. The van der Waals surface area contributed by atoms with Gasteiger partial charge in [0.2, 0.25) is 5.91 Å². The highest BCUT2D eigenvalue weighted by Gasteiger charge is 2.47. The number of nitrogens with two attached hydrogens (primary N) is 1. The number of primary amides is 1. The number of benzene rings is 2. The molecule has 172 valence electrons. The van der Waals surface area contributed by atoms with Crippen molar-refractivity contribution in [2.45, 2.75) is 38.5 Å².